The van der Waals surface area contributed by atoms with Gasteiger partial charge in [-0.15, -0.1) is 11.3 Å². The Morgan fingerprint density at radius 3 is 2.67 bits per heavy atom. The zero-order valence-corrected chi connectivity index (χ0v) is 15.9. The first-order valence-electron chi connectivity index (χ1n) is 8.52. The minimum absolute atomic E-state index is 0.109. The molecule has 0 saturated carbocycles. The average Bonchev–Trinajstić information content (AvgIpc) is 3.07. The number of thiophene rings is 1. The molecule has 0 spiro atoms. The number of nitriles is 1. The molecule has 6 nitrogen and oxygen atoms in total. The van der Waals surface area contributed by atoms with Crippen molar-refractivity contribution in [3.05, 3.63) is 59.5 Å². The van der Waals surface area contributed by atoms with Crippen LogP contribution in [0.1, 0.15) is 41.0 Å². The van der Waals surface area contributed by atoms with E-state index in [-0.39, 0.29) is 5.92 Å². The third kappa shape index (κ3) is 4.13. The molecular formula is C20H19N5OS. The number of primary amides is 1. The first-order valence-corrected chi connectivity index (χ1v) is 9.33. The number of carbonyl (C=O) groups excluding carboxylic acids is 1. The van der Waals surface area contributed by atoms with Gasteiger partial charge < -0.3 is 11.1 Å². The van der Waals surface area contributed by atoms with Crippen LogP contribution in [-0.2, 0) is 0 Å². The summed E-state index contributed by atoms with van der Waals surface area (Å²) in [7, 11) is 0. The van der Waals surface area contributed by atoms with Gasteiger partial charge in [0.2, 0.25) is 0 Å². The van der Waals surface area contributed by atoms with E-state index in [2.05, 4.69) is 21.4 Å². The molecule has 0 saturated heterocycles. The second-order valence-electron chi connectivity index (χ2n) is 6.04. The highest BCUT2D eigenvalue weighted by Gasteiger charge is 2.16. The van der Waals surface area contributed by atoms with Gasteiger partial charge in [0.1, 0.15) is 16.6 Å². The number of aromatic nitrogens is 2. The number of benzene rings is 1. The largest absolute Gasteiger partial charge is 0.366 e. The Labute approximate surface area is 161 Å². The molecule has 7 heteroatoms. The molecule has 0 aliphatic rings. The van der Waals surface area contributed by atoms with Crippen molar-refractivity contribution in [1.82, 2.24) is 9.97 Å². The summed E-state index contributed by atoms with van der Waals surface area (Å²) >= 11 is 1.43. The number of amides is 1. The Morgan fingerprint density at radius 2 is 2.07 bits per heavy atom. The molecule has 2 heterocycles. The molecule has 3 rings (SSSR count). The smallest absolute Gasteiger partial charge is 0.251 e. The summed E-state index contributed by atoms with van der Waals surface area (Å²) in [6.07, 6.45) is 2.42. The summed E-state index contributed by atoms with van der Waals surface area (Å²) in [4.78, 5) is 21.1. The summed E-state index contributed by atoms with van der Waals surface area (Å²) in [5, 5.41) is 13.0. The Bertz CT molecular complexity index is 1000. The number of anilines is 2. The predicted molar refractivity (Wildman–Crippen MR) is 107 cm³/mol. The van der Waals surface area contributed by atoms with Crippen LogP contribution in [0.15, 0.2) is 42.6 Å². The topological polar surface area (TPSA) is 105 Å². The highest BCUT2D eigenvalue weighted by Crippen LogP contribution is 2.37. The van der Waals surface area contributed by atoms with Gasteiger partial charge >= 0.3 is 0 Å². The molecular weight excluding hydrogens is 358 g/mol. The number of nitrogens with two attached hydrogens (primary N) is 1. The van der Waals surface area contributed by atoms with Gasteiger partial charge in [-0.3, -0.25) is 4.79 Å². The number of rotatable bonds is 6. The second kappa shape index (κ2) is 7.98. The Hall–Kier alpha value is -3.24. The SMILES string of the molecule is CCC(C#N)c1ccc(-c2cc(C(N)=O)c(Nc3ccnc(C)n3)s2)cc1. The van der Waals surface area contributed by atoms with E-state index in [0.29, 0.717) is 22.2 Å². The van der Waals surface area contributed by atoms with Crippen LogP contribution in [0.3, 0.4) is 0 Å². The fraction of sp³-hybridized carbons (Fsp3) is 0.200. The van der Waals surface area contributed by atoms with E-state index in [1.54, 1.807) is 25.3 Å². The Balaban J connectivity index is 1.93. The third-order valence-corrected chi connectivity index (χ3v) is 5.28. The summed E-state index contributed by atoms with van der Waals surface area (Å²) < 4.78 is 0. The third-order valence-electron chi connectivity index (χ3n) is 4.18. The maximum atomic E-state index is 11.9. The molecule has 3 N–H and O–H groups in total. The Kier molecular flexibility index (Phi) is 5.48. The van der Waals surface area contributed by atoms with Gasteiger partial charge in [0.05, 0.1) is 17.6 Å². The number of carbonyl (C=O) groups is 1. The molecule has 0 bridgehead atoms. The van der Waals surface area contributed by atoms with Crippen LogP contribution in [0.25, 0.3) is 10.4 Å². The van der Waals surface area contributed by atoms with E-state index in [0.717, 1.165) is 22.4 Å². The van der Waals surface area contributed by atoms with Crippen molar-refractivity contribution in [3.8, 4) is 16.5 Å². The van der Waals surface area contributed by atoms with Crippen molar-refractivity contribution in [2.45, 2.75) is 26.2 Å². The van der Waals surface area contributed by atoms with Crippen LogP contribution in [0, 0.1) is 18.3 Å². The minimum Gasteiger partial charge on any atom is -0.366 e. The van der Waals surface area contributed by atoms with Crippen LogP contribution < -0.4 is 11.1 Å². The lowest BCUT2D eigenvalue weighted by Crippen LogP contribution is -2.11. The maximum absolute atomic E-state index is 11.9. The van der Waals surface area contributed by atoms with Crippen LogP contribution in [-0.4, -0.2) is 15.9 Å². The fourth-order valence-corrected chi connectivity index (χ4v) is 3.81. The maximum Gasteiger partial charge on any atom is 0.251 e. The molecule has 0 radical (unpaired) electrons. The molecule has 0 aliphatic carbocycles. The lowest BCUT2D eigenvalue weighted by atomic mass is 9.97. The molecule has 1 atom stereocenters. The van der Waals surface area contributed by atoms with Gasteiger partial charge in [-0.25, -0.2) is 9.97 Å². The Morgan fingerprint density at radius 1 is 1.33 bits per heavy atom. The van der Waals surface area contributed by atoms with E-state index in [1.165, 1.54) is 11.3 Å². The summed E-state index contributed by atoms with van der Waals surface area (Å²) in [5.74, 6) is 0.629. The van der Waals surface area contributed by atoms with E-state index >= 15 is 0 Å². The highest BCUT2D eigenvalue weighted by atomic mass is 32.1. The molecule has 0 fully saturated rings. The monoisotopic (exact) mass is 377 g/mol. The number of aryl methyl sites for hydroxylation is 1. The standard InChI is InChI=1S/C20H19N5OS/c1-3-13(11-21)14-4-6-15(7-5-14)17-10-16(19(22)26)20(27-17)25-18-8-9-23-12(2)24-18/h4-10,13H,3H2,1-2H3,(H2,22,26)(H,23,24,25). The molecule has 1 unspecified atom stereocenters. The average molecular weight is 377 g/mol. The van der Waals surface area contributed by atoms with Gasteiger partial charge in [-0.1, -0.05) is 31.2 Å². The van der Waals surface area contributed by atoms with Crippen LogP contribution in [0.5, 0.6) is 0 Å². The van der Waals surface area contributed by atoms with Crippen molar-refractivity contribution in [2.24, 2.45) is 5.73 Å². The quantitative estimate of drug-likeness (QED) is 0.663. The van der Waals surface area contributed by atoms with E-state index in [1.807, 2.05) is 31.2 Å². The lowest BCUT2D eigenvalue weighted by molar-refractivity contribution is 0.100. The van der Waals surface area contributed by atoms with Gasteiger partial charge in [0.15, 0.2) is 0 Å². The van der Waals surface area contributed by atoms with Crippen LogP contribution in [0.4, 0.5) is 10.8 Å². The highest BCUT2D eigenvalue weighted by molar-refractivity contribution is 7.19. The molecule has 1 amide bonds. The second-order valence-corrected chi connectivity index (χ2v) is 7.10. The van der Waals surface area contributed by atoms with Gasteiger partial charge in [-0.2, -0.15) is 5.26 Å². The van der Waals surface area contributed by atoms with Gasteiger partial charge in [0, 0.05) is 11.1 Å². The van der Waals surface area contributed by atoms with Crippen molar-refractivity contribution >= 4 is 28.1 Å². The molecule has 0 aliphatic heterocycles. The normalized spacial score (nSPS) is 11.6. The molecule has 136 valence electrons. The lowest BCUT2D eigenvalue weighted by Gasteiger charge is -2.07. The fourth-order valence-electron chi connectivity index (χ4n) is 2.73. The first-order chi connectivity index (χ1) is 13.0. The zero-order valence-electron chi connectivity index (χ0n) is 15.1. The summed E-state index contributed by atoms with van der Waals surface area (Å²) in [5.41, 5.74) is 7.92. The molecule has 3 aromatic rings. The number of nitrogens with one attached hydrogen (secondary N) is 1. The van der Waals surface area contributed by atoms with E-state index in [4.69, 9.17) is 5.73 Å². The van der Waals surface area contributed by atoms with Crippen molar-refractivity contribution in [3.63, 3.8) is 0 Å². The first kappa shape index (κ1) is 18.5. The zero-order chi connectivity index (χ0) is 19.4. The molecule has 27 heavy (non-hydrogen) atoms. The van der Waals surface area contributed by atoms with Crippen molar-refractivity contribution in [2.75, 3.05) is 5.32 Å². The predicted octanol–water partition coefficient (Wildman–Crippen LogP) is 4.37. The van der Waals surface area contributed by atoms with Crippen LogP contribution in [0.2, 0.25) is 0 Å². The summed E-state index contributed by atoms with van der Waals surface area (Å²) in [6, 6.07) is 13.7. The van der Waals surface area contributed by atoms with Crippen LogP contribution >= 0.6 is 11.3 Å². The van der Waals surface area contributed by atoms with E-state index < -0.39 is 5.91 Å². The number of nitrogens with zero attached hydrogens (tertiary/aromatic N) is 3. The molecule has 2 aromatic heterocycles. The summed E-state index contributed by atoms with van der Waals surface area (Å²) in [6.45, 7) is 3.79. The minimum atomic E-state index is -0.502. The molecule has 1 aromatic carbocycles. The van der Waals surface area contributed by atoms with Crippen molar-refractivity contribution < 1.29 is 4.79 Å². The van der Waals surface area contributed by atoms with E-state index in [9.17, 15) is 10.1 Å². The number of hydrogen-bond acceptors (Lipinski definition) is 6. The van der Waals surface area contributed by atoms with Gasteiger partial charge in [0.25, 0.3) is 5.91 Å². The van der Waals surface area contributed by atoms with Gasteiger partial charge in [-0.05, 0) is 36.6 Å². The number of hydrogen-bond donors (Lipinski definition) is 2. The van der Waals surface area contributed by atoms with Crippen molar-refractivity contribution in [1.29, 1.82) is 5.26 Å².